The van der Waals surface area contributed by atoms with Crippen LogP contribution in [0.2, 0.25) is 0 Å². The highest BCUT2D eigenvalue weighted by Gasteiger charge is 2.18. The summed E-state index contributed by atoms with van der Waals surface area (Å²) in [7, 11) is 0. The molecule has 0 fully saturated rings. The van der Waals surface area contributed by atoms with Gasteiger partial charge in [0.1, 0.15) is 5.60 Å². The van der Waals surface area contributed by atoms with Crippen molar-refractivity contribution in [1.82, 2.24) is 5.32 Å². The molecule has 1 amide bonds. The van der Waals surface area contributed by atoms with E-state index in [0.717, 1.165) is 0 Å². The molecule has 0 spiro atoms. The number of rotatable bonds is 4. The van der Waals surface area contributed by atoms with Crippen LogP contribution in [-0.2, 0) is 9.53 Å². The summed E-state index contributed by atoms with van der Waals surface area (Å²) < 4.78 is 17.4. The molecule has 0 radical (unpaired) electrons. The average molecular weight is 221 g/mol. The summed E-state index contributed by atoms with van der Waals surface area (Å²) in [6, 6.07) is 0. The summed E-state index contributed by atoms with van der Waals surface area (Å²) in [5.41, 5.74) is -0.619. The Morgan fingerprint density at radius 1 is 1.47 bits per heavy atom. The van der Waals surface area contributed by atoms with Gasteiger partial charge in [-0.2, -0.15) is 0 Å². The van der Waals surface area contributed by atoms with Crippen LogP contribution < -0.4 is 5.32 Å². The van der Waals surface area contributed by atoms with E-state index >= 15 is 0 Å². The van der Waals surface area contributed by atoms with Gasteiger partial charge in [0.25, 0.3) is 0 Å². The van der Waals surface area contributed by atoms with Gasteiger partial charge in [-0.25, -0.2) is 14.0 Å². The quantitative estimate of drug-likeness (QED) is 0.750. The first-order valence-corrected chi connectivity index (χ1v) is 4.56. The minimum atomic E-state index is -1.96. The SMILES string of the molecule is CC(C)(C)OC(=O)NCC[C@H](F)C(=O)O. The van der Waals surface area contributed by atoms with Crippen molar-refractivity contribution in [3.63, 3.8) is 0 Å². The molecule has 0 aliphatic rings. The molecule has 0 bridgehead atoms. The van der Waals surface area contributed by atoms with Gasteiger partial charge in [-0.15, -0.1) is 0 Å². The fourth-order valence-electron chi connectivity index (χ4n) is 0.739. The zero-order valence-electron chi connectivity index (χ0n) is 9.04. The first kappa shape index (κ1) is 13.7. The van der Waals surface area contributed by atoms with Crippen LogP contribution in [0.3, 0.4) is 0 Å². The molecule has 0 aromatic heterocycles. The highest BCUT2D eigenvalue weighted by Crippen LogP contribution is 2.06. The number of hydrogen-bond acceptors (Lipinski definition) is 3. The molecule has 15 heavy (non-hydrogen) atoms. The predicted octanol–water partition coefficient (Wildman–Crippen LogP) is 1.32. The lowest BCUT2D eigenvalue weighted by molar-refractivity contribution is -0.142. The molecule has 0 rings (SSSR count). The molecule has 0 saturated carbocycles. The van der Waals surface area contributed by atoms with Crippen molar-refractivity contribution in [1.29, 1.82) is 0 Å². The third kappa shape index (κ3) is 7.72. The summed E-state index contributed by atoms with van der Waals surface area (Å²) in [5.74, 6) is -1.53. The Kier molecular flexibility index (Phi) is 5.04. The van der Waals surface area contributed by atoms with E-state index in [0.29, 0.717) is 0 Å². The Bertz CT molecular complexity index is 237. The molecule has 0 aromatic rings. The summed E-state index contributed by atoms with van der Waals surface area (Å²) in [6.07, 6.45) is -2.91. The Hall–Kier alpha value is -1.33. The highest BCUT2D eigenvalue weighted by molar-refractivity contribution is 5.72. The van der Waals surface area contributed by atoms with E-state index in [2.05, 4.69) is 5.32 Å². The van der Waals surface area contributed by atoms with Crippen LogP contribution in [-0.4, -0.2) is 35.5 Å². The van der Waals surface area contributed by atoms with Gasteiger partial charge in [0.2, 0.25) is 0 Å². The molecule has 0 heterocycles. The van der Waals surface area contributed by atoms with E-state index in [1.165, 1.54) is 0 Å². The Morgan fingerprint density at radius 3 is 2.40 bits per heavy atom. The van der Waals surface area contributed by atoms with Gasteiger partial charge in [0.05, 0.1) is 0 Å². The number of halogens is 1. The Labute approximate surface area is 87.6 Å². The Morgan fingerprint density at radius 2 is 2.00 bits per heavy atom. The number of carboxylic acid groups (broad SMARTS) is 1. The van der Waals surface area contributed by atoms with Crippen molar-refractivity contribution in [3.05, 3.63) is 0 Å². The van der Waals surface area contributed by atoms with Crippen LogP contribution in [0.1, 0.15) is 27.2 Å². The van der Waals surface area contributed by atoms with E-state index in [4.69, 9.17) is 9.84 Å². The van der Waals surface area contributed by atoms with E-state index in [1.54, 1.807) is 20.8 Å². The monoisotopic (exact) mass is 221 g/mol. The van der Waals surface area contributed by atoms with Crippen LogP contribution in [0.25, 0.3) is 0 Å². The predicted molar refractivity (Wildman–Crippen MR) is 51.4 cm³/mol. The second-order valence-corrected chi connectivity index (χ2v) is 4.02. The largest absolute Gasteiger partial charge is 0.479 e. The van der Waals surface area contributed by atoms with Gasteiger partial charge < -0.3 is 15.2 Å². The minimum Gasteiger partial charge on any atom is -0.479 e. The van der Waals surface area contributed by atoms with Crippen molar-refractivity contribution in [2.75, 3.05) is 6.54 Å². The molecule has 6 heteroatoms. The van der Waals surface area contributed by atoms with Crippen molar-refractivity contribution in [2.45, 2.75) is 39.0 Å². The fraction of sp³-hybridized carbons (Fsp3) is 0.778. The zero-order chi connectivity index (χ0) is 12.1. The van der Waals surface area contributed by atoms with E-state index in [-0.39, 0.29) is 13.0 Å². The van der Waals surface area contributed by atoms with Crippen LogP contribution in [0.4, 0.5) is 9.18 Å². The molecular weight excluding hydrogens is 205 g/mol. The van der Waals surface area contributed by atoms with Gasteiger partial charge in [-0.1, -0.05) is 0 Å². The first-order valence-electron chi connectivity index (χ1n) is 4.56. The number of hydrogen-bond donors (Lipinski definition) is 2. The van der Waals surface area contributed by atoms with Gasteiger partial charge >= 0.3 is 12.1 Å². The lowest BCUT2D eigenvalue weighted by atomic mass is 10.2. The number of carbonyl (C=O) groups excluding carboxylic acids is 1. The summed E-state index contributed by atoms with van der Waals surface area (Å²) in [5, 5.41) is 10.5. The lowest BCUT2D eigenvalue weighted by Crippen LogP contribution is -2.34. The van der Waals surface area contributed by atoms with E-state index < -0.39 is 23.8 Å². The molecule has 0 aliphatic heterocycles. The molecule has 0 saturated heterocycles. The molecule has 0 unspecified atom stereocenters. The number of aliphatic carboxylic acids is 1. The van der Waals surface area contributed by atoms with Crippen LogP contribution in [0.5, 0.6) is 0 Å². The molecule has 2 N–H and O–H groups in total. The van der Waals surface area contributed by atoms with Gasteiger partial charge in [-0.3, -0.25) is 0 Å². The molecule has 5 nitrogen and oxygen atoms in total. The molecule has 88 valence electrons. The summed E-state index contributed by atoms with van der Waals surface area (Å²) in [4.78, 5) is 21.1. The van der Waals surface area contributed by atoms with E-state index in [1.807, 2.05) is 0 Å². The number of carbonyl (C=O) groups is 2. The first-order chi connectivity index (χ1) is 6.72. The van der Waals surface area contributed by atoms with Crippen molar-refractivity contribution in [3.8, 4) is 0 Å². The number of alkyl carbamates (subject to hydrolysis) is 1. The van der Waals surface area contributed by atoms with Crippen molar-refractivity contribution in [2.24, 2.45) is 0 Å². The van der Waals surface area contributed by atoms with Crippen LogP contribution in [0.15, 0.2) is 0 Å². The topological polar surface area (TPSA) is 75.6 Å². The maximum Gasteiger partial charge on any atom is 0.407 e. The molecule has 0 aliphatic carbocycles. The van der Waals surface area contributed by atoms with Gasteiger partial charge in [-0.05, 0) is 20.8 Å². The number of nitrogens with one attached hydrogen (secondary N) is 1. The summed E-state index contributed by atoms with van der Waals surface area (Å²) >= 11 is 0. The third-order valence-corrected chi connectivity index (χ3v) is 1.33. The number of amides is 1. The number of ether oxygens (including phenoxy) is 1. The second kappa shape index (κ2) is 5.53. The lowest BCUT2D eigenvalue weighted by Gasteiger charge is -2.19. The number of carboxylic acids is 1. The van der Waals surface area contributed by atoms with Crippen LogP contribution in [0, 0.1) is 0 Å². The second-order valence-electron chi connectivity index (χ2n) is 4.02. The third-order valence-electron chi connectivity index (χ3n) is 1.33. The Balaban J connectivity index is 3.69. The van der Waals surface area contributed by atoms with Crippen molar-refractivity contribution < 1.29 is 23.8 Å². The average Bonchev–Trinajstić information content (AvgIpc) is 2.00. The zero-order valence-corrected chi connectivity index (χ0v) is 9.04. The maximum absolute atomic E-state index is 12.5. The minimum absolute atomic E-state index is 0.0671. The molecular formula is C9H16FNO4. The molecule has 1 atom stereocenters. The van der Waals surface area contributed by atoms with Gasteiger partial charge in [0, 0.05) is 13.0 Å². The standard InChI is InChI=1S/C9H16FNO4/c1-9(2,3)15-8(14)11-5-4-6(10)7(12)13/h6H,4-5H2,1-3H3,(H,11,14)(H,12,13)/t6-/m0/s1. The smallest absolute Gasteiger partial charge is 0.407 e. The highest BCUT2D eigenvalue weighted by atomic mass is 19.1. The maximum atomic E-state index is 12.5. The normalized spacial score (nSPS) is 13.1. The van der Waals surface area contributed by atoms with Crippen LogP contribution >= 0.6 is 0 Å². The fourth-order valence-corrected chi connectivity index (χ4v) is 0.739. The van der Waals surface area contributed by atoms with Gasteiger partial charge in [0.15, 0.2) is 6.17 Å². The van der Waals surface area contributed by atoms with Crippen molar-refractivity contribution >= 4 is 12.1 Å². The molecule has 0 aromatic carbocycles. The number of alkyl halides is 1. The van der Waals surface area contributed by atoms with E-state index in [9.17, 15) is 14.0 Å². The summed E-state index contributed by atoms with van der Waals surface area (Å²) in [6.45, 7) is 5.02.